The molecule has 1 aliphatic heterocycles. The topological polar surface area (TPSA) is 66.8 Å². The number of hydrogen-bond acceptors (Lipinski definition) is 4. The van der Waals surface area contributed by atoms with Crippen LogP contribution >= 0.6 is 0 Å². The van der Waals surface area contributed by atoms with E-state index in [0.29, 0.717) is 19.3 Å². The van der Waals surface area contributed by atoms with Crippen molar-refractivity contribution in [3.63, 3.8) is 0 Å². The second kappa shape index (κ2) is 10.3. The van der Waals surface area contributed by atoms with Gasteiger partial charge in [0.2, 0.25) is 5.91 Å². The summed E-state index contributed by atoms with van der Waals surface area (Å²) in [6.07, 6.45) is 4.52. The predicted octanol–water partition coefficient (Wildman–Crippen LogP) is 3.93. The van der Waals surface area contributed by atoms with E-state index in [1.165, 1.54) is 4.90 Å². The minimum absolute atomic E-state index is 0.213. The Balaban J connectivity index is 2.08. The standard InChI is InChI=1S/C21H31NO4/c1-3-5-6-10-13-18(19(23)4-2)20(24)22-17(15-26-21(22)25)14-16-11-8-7-9-12-16/h7-9,11-12,17-19,23H,3-6,10,13-15H2,1-2H3/t17-,18-,19+/m1/s1. The number of aliphatic hydroxyl groups is 1. The lowest BCUT2D eigenvalue weighted by atomic mass is 9.91. The van der Waals surface area contributed by atoms with Crippen molar-refractivity contribution < 1.29 is 19.4 Å². The molecule has 1 aromatic rings. The van der Waals surface area contributed by atoms with Gasteiger partial charge >= 0.3 is 6.09 Å². The van der Waals surface area contributed by atoms with Gasteiger partial charge in [-0.3, -0.25) is 4.79 Å². The summed E-state index contributed by atoms with van der Waals surface area (Å²) >= 11 is 0. The molecule has 1 fully saturated rings. The lowest BCUT2D eigenvalue weighted by Crippen LogP contribution is -2.46. The smallest absolute Gasteiger partial charge is 0.416 e. The van der Waals surface area contributed by atoms with E-state index in [2.05, 4.69) is 6.92 Å². The van der Waals surface area contributed by atoms with Crippen molar-refractivity contribution in [1.29, 1.82) is 0 Å². The fourth-order valence-electron chi connectivity index (χ4n) is 3.50. The number of benzene rings is 1. The van der Waals surface area contributed by atoms with Gasteiger partial charge in [0.15, 0.2) is 0 Å². The van der Waals surface area contributed by atoms with Crippen molar-refractivity contribution in [2.75, 3.05) is 6.61 Å². The Morgan fingerprint density at radius 2 is 1.96 bits per heavy atom. The highest BCUT2D eigenvalue weighted by atomic mass is 16.6. The highest BCUT2D eigenvalue weighted by Gasteiger charge is 2.42. The first kappa shape index (κ1) is 20.4. The van der Waals surface area contributed by atoms with E-state index in [9.17, 15) is 14.7 Å². The molecule has 5 nitrogen and oxygen atoms in total. The monoisotopic (exact) mass is 361 g/mol. The van der Waals surface area contributed by atoms with Crippen molar-refractivity contribution in [3.05, 3.63) is 35.9 Å². The Kier molecular flexibility index (Phi) is 8.10. The van der Waals surface area contributed by atoms with Crippen LogP contribution in [0.2, 0.25) is 0 Å². The van der Waals surface area contributed by atoms with Gasteiger partial charge in [-0.25, -0.2) is 9.69 Å². The summed E-state index contributed by atoms with van der Waals surface area (Å²) in [6, 6.07) is 9.47. The maximum absolute atomic E-state index is 13.1. The molecule has 1 N–H and O–H groups in total. The minimum atomic E-state index is -0.727. The molecule has 0 bridgehead atoms. The molecule has 5 heteroatoms. The molecule has 0 unspecified atom stereocenters. The second-order valence-corrected chi connectivity index (χ2v) is 7.06. The number of carbonyl (C=O) groups is 2. The number of hydrogen-bond donors (Lipinski definition) is 1. The lowest BCUT2D eigenvalue weighted by molar-refractivity contribution is -0.137. The molecule has 1 aliphatic rings. The third-order valence-corrected chi connectivity index (χ3v) is 5.08. The molecule has 2 amide bonds. The zero-order valence-corrected chi connectivity index (χ0v) is 15.9. The normalized spacial score (nSPS) is 19.3. The van der Waals surface area contributed by atoms with Crippen molar-refractivity contribution >= 4 is 12.0 Å². The summed E-state index contributed by atoms with van der Waals surface area (Å²) in [5.74, 6) is -0.833. The summed E-state index contributed by atoms with van der Waals surface area (Å²) in [5.41, 5.74) is 1.06. The van der Waals surface area contributed by atoms with Crippen LogP contribution in [0.1, 0.15) is 57.9 Å². The summed E-state index contributed by atoms with van der Waals surface area (Å²) in [4.78, 5) is 26.5. The summed E-state index contributed by atoms with van der Waals surface area (Å²) in [7, 11) is 0. The molecule has 144 valence electrons. The zero-order valence-electron chi connectivity index (χ0n) is 15.9. The average molecular weight is 361 g/mol. The van der Waals surface area contributed by atoms with Gasteiger partial charge in [-0.15, -0.1) is 0 Å². The lowest BCUT2D eigenvalue weighted by Gasteiger charge is -2.27. The van der Waals surface area contributed by atoms with Crippen molar-refractivity contribution in [3.8, 4) is 0 Å². The number of carbonyl (C=O) groups excluding carboxylic acids is 2. The summed E-state index contributed by atoms with van der Waals surface area (Å²) < 4.78 is 5.16. The van der Waals surface area contributed by atoms with Gasteiger partial charge in [0.1, 0.15) is 6.61 Å². The third kappa shape index (κ3) is 5.31. The number of amides is 2. The van der Waals surface area contributed by atoms with Gasteiger partial charge in [-0.05, 0) is 24.8 Å². The first-order chi connectivity index (χ1) is 12.6. The second-order valence-electron chi connectivity index (χ2n) is 7.06. The maximum Gasteiger partial charge on any atom is 0.416 e. The Morgan fingerprint density at radius 3 is 2.62 bits per heavy atom. The van der Waals surface area contributed by atoms with E-state index in [0.717, 1.165) is 31.2 Å². The van der Waals surface area contributed by atoms with Gasteiger partial charge in [0.25, 0.3) is 0 Å². The molecule has 1 aromatic carbocycles. The zero-order chi connectivity index (χ0) is 18.9. The van der Waals surface area contributed by atoms with E-state index in [1.54, 1.807) is 0 Å². The van der Waals surface area contributed by atoms with Crippen molar-refractivity contribution in [1.82, 2.24) is 4.90 Å². The Hall–Kier alpha value is -1.88. The fourth-order valence-corrected chi connectivity index (χ4v) is 3.50. The average Bonchev–Trinajstić information content (AvgIpc) is 3.01. The fraction of sp³-hybridized carbons (Fsp3) is 0.619. The Bertz CT molecular complexity index is 575. The van der Waals surface area contributed by atoms with Crippen LogP contribution in [0, 0.1) is 5.92 Å². The number of imide groups is 1. The van der Waals surface area contributed by atoms with Crippen LogP contribution in [0.4, 0.5) is 4.79 Å². The molecular formula is C21H31NO4. The first-order valence-corrected chi connectivity index (χ1v) is 9.80. The van der Waals surface area contributed by atoms with Crippen LogP contribution in [-0.4, -0.2) is 40.8 Å². The quantitative estimate of drug-likeness (QED) is 0.641. The number of unbranched alkanes of at least 4 members (excludes halogenated alkanes) is 3. The van der Waals surface area contributed by atoms with Crippen molar-refractivity contribution in [2.45, 2.75) is 70.9 Å². The predicted molar refractivity (Wildman–Crippen MR) is 101 cm³/mol. The van der Waals surface area contributed by atoms with E-state index in [1.807, 2.05) is 37.3 Å². The highest BCUT2D eigenvalue weighted by molar-refractivity contribution is 5.95. The molecule has 0 spiro atoms. The van der Waals surface area contributed by atoms with Crippen LogP contribution in [0.5, 0.6) is 0 Å². The Labute approximate surface area is 156 Å². The molecule has 0 aliphatic carbocycles. The molecule has 1 heterocycles. The number of ether oxygens (including phenoxy) is 1. The number of aliphatic hydroxyl groups excluding tert-OH is 1. The van der Waals surface area contributed by atoms with Crippen LogP contribution in [0.25, 0.3) is 0 Å². The maximum atomic E-state index is 13.1. The van der Waals surface area contributed by atoms with E-state index in [4.69, 9.17) is 4.74 Å². The van der Waals surface area contributed by atoms with E-state index >= 15 is 0 Å². The van der Waals surface area contributed by atoms with Gasteiger partial charge in [-0.2, -0.15) is 0 Å². The van der Waals surface area contributed by atoms with E-state index < -0.39 is 18.1 Å². The summed E-state index contributed by atoms with van der Waals surface area (Å²) in [5, 5.41) is 10.4. The van der Waals surface area contributed by atoms with E-state index in [-0.39, 0.29) is 18.6 Å². The van der Waals surface area contributed by atoms with Crippen LogP contribution in [0.3, 0.4) is 0 Å². The molecule has 3 atom stereocenters. The van der Waals surface area contributed by atoms with Crippen LogP contribution in [-0.2, 0) is 16.0 Å². The minimum Gasteiger partial charge on any atom is -0.447 e. The molecule has 2 rings (SSSR count). The molecule has 0 saturated carbocycles. The number of nitrogens with zero attached hydrogens (tertiary/aromatic N) is 1. The molecule has 0 aromatic heterocycles. The number of cyclic esters (lactones) is 1. The van der Waals surface area contributed by atoms with Crippen molar-refractivity contribution in [2.24, 2.45) is 5.92 Å². The SMILES string of the molecule is CCCCCC[C@@H](C(=O)N1C(=O)OC[C@H]1Cc1ccccc1)[C@@H](O)CC. The summed E-state index contributed by atoms with van der Waals surface area (Å²) in [6.45, 7) is 4.21. The Morgan fingerprint density at radius 1 is 1.23 bits per heavy atom. The highest BCUT2D eigenvalue weighted by Crippen LogP contribution is 2.25. The first-order valence-electron chi connectivity index (χ1n) is 9.80. The molecule has 1 saturated heterocycles. The largest absolute Gasteiger partial charge is 0.447 e. The molecule has 0 radical (unpaired) electrons. The van der Waals surface area contributed by atoms with Gasteiger partial charge in [0, 0.05) is 0 Å². The van der Waals surface area contributed by atoms with Crippen LogP contribution < -0.4 is 0 Å². The van der Waals surface area contributed by atoms with Gasteiger partial charge < -0.3 is 9.84 Å². The van der Waals surface area contributed by atoms with Gasteiger partial charge in [-0.1, -0.05) is 69.9 Å². The molecule has 26 heavy (non-hydrogen) atoms. The van der Waals surface area contributed by atoms with Crippen LogP contribution in [0.15, 0.2) is 30.3 Å². The number of rotatable bonds is 10. The third-order valence-electron chi connectivity index (χ3n) is 5.08. The molecular weight excluding hydrogens is 330 g/mol. The van der Waals surface area contributed by atoms with Gasteiger partial charge in [0.05, 0.1) is 18.1 Å².